The highest BCUT2D eigenvalue weighted by molar-refractivity contribution is 5.14. The van der Waals surface area contributed by atoms with Crippen molar-refractivity contribution in [2.24, 2.45) is 5.92 Å². The minimum Gasteiger partial charge on any atom is -0.0882 e. The molecule has 0 radical (unpaired) electrons. The van der Waals surface area contributed by atoms with Gasteiger partial charge in [-0.25, -0.2) is 0 Å². The topological polar surface area (TPSA) is 0 Å². The first-order chi connectivity index (χ1) is 8.36. The Hall–Kier alpha value is -1.04. The smallest absolute Gasteiger partial charge is 0.0236 e. The third-order valence-electron chi connectivity index (χ3n) is 3.27. The molecule has 0 fully saturated rings. The van der Waals surface area contributed by atoms with Crippen LogP contribution in [0.5, 0.6) is 0 Å². The zero-order valence-corrected chi connectivity index (χ0v) is 11.4. The molecule has 0 unspecified atom stereocenters. The first-order valence-electron chi connectivity index (χ1n) is 7.07. The van der Waals surface area contributed by atoms with Crippen molar-refractivity contribution >= 4 is 0 Å². The highest BCUT2D eigenvalue weighted by Crippen LogP contribution is 2.13. The summed E-state index contributed by atoms with van der Waals surface area (Å²) >= 11 is 0. The molecule has 1 atom stereocenters. The van der Waals surface area contributed by atoms with E-state index in [0.717, 1.165) is 5.92 Å². The van der Waals surface area contributed by atoms with Crippen molar-refractivity contribution in [3.05, 3.63) is 48.0 Å². The average molecular weight is 230 g/mol. The quantitative estimate of drug-likeness (QED) is 0.415. The summed E-state index contributed by atoms with van der Waals surface area (Å²) in [4.78, 5) is 0. The average Bonchev–Trinajstić information content (AvgIpc) is 2.38. The van der Waals surface area contributed by atoms with Crippen LogP contribution in [0.3, 0.4) is 0 Å². The van der Waals surface area contributed by atoms with Crippen molar-refractivity contribution < 1.29 is 0 Å². The maximum atomic E-state index is 2.43. The van der Waals surface area contributed by atoms with Crippen LogP contribution in [0, 0.1) is 5.92 Å². The predicted molar refractivity (Wildman–Crippen MR) is 77.2 cm³/mol. The van der Waals surface area contributed by atoms with E-state index in [2.05, 4.69) is 56.3 Å². The van der Waals surface area contributed by atoms with Gasteiger partial charge >= 0.3 is 0 Å². The van der Waals surface area contributed by atoms with Gasteiger partial charge in [0.15, 0.2) is 0 Å². The normalized spacial score (nSPS) is 13.1. The Kier molecular flexibility index (Phi) is 7.46. The van der Waals surface area contributed by atoms with E-state index in [1.807, 2.05) is 0 Å². The molecule has 1 rings (SSSR count). The Morgan fingerprint density at radius 3 is 2.53 bits per heavy atom. The van der Waals surface area contributed by atoms with E-state index in [9.17, 15) is 0 Å². The van der Waals surface area contributed by atoms with Crippen LogP contribution in [-0.2, 0) is 6.42 Å². The lowest BCUT2D eigenvalue weighted by molar-refractivity contribution is 0.561. The van der Waals surface area contributed by atoms with Crippen LogP contribution in [0.4, 0.5) is 0 Å². The summed E-state index contributed by atoms with van der Waals surface area (Å²) in [5.41, 5.74) is 1.46. The molecule has 0 amide bonds. The molecule has 0 bridgehead atoms. The van der Waals surface area contributed by atoms with Gasteiger partial charge in [-0.05, 0) is 43.6 Å². The lowest BCUT2D eigenvalue weighted by Gasteiger charge is -2.07. The molecular formula is C17H26. The second kappa shape index (κ2) is 9.04. The molecule has 0 aliphatic rings. The van der Waals surface area contributed by atoms with Gasteiger partial charge in [0.05, 0.1) is 0 Å². The molecule has 0 aliphatic carbocycles. The minimum absolute atomic E-state index is 0.803. The number of unbranched alkanes of at least 4 members (excludes halogenated alkanes) is 1. The molecule has 17 heavy (non-hydrogen) atoms. The summed E-state index contributed by atoms with van der Waals surface area (Å²) in [7, 11) is 0. The van der Waals surface area contributed by atoms with Crippen molar-refractivity contribution in [1.29, 1.82) is 0 Å². The summed E-state index contributed by atoms with van der Waals surface area (Å²) in [6, 6.07) is 10.8. The third kappa shape index (κ3) is 6.31. The summed E-state index contributed by atoms with van der Waals surface area (Å²) in [6.45, 7) is 4.56. The van der Waals surface area contributed by atoms with Gasteiger partial charge in [0.2, 0.25) is 0 Å². The molecule has 0 heteroatoms. The number of hydrogen-bond donors (Lipinski definition) is 0. The first kappa shape index (κ1) is 14.0. The van der Waals surface area contributed by atoms with Crippen molar-refractivity contribution in [3.8, 4) is 0 Å². The van der Waals surface area contributed by atoms with Crippen LogP contribution in [0.15, 0.2) is 42.5 Å². The van der Waals surface area contributed by atoms with E-state index in [1.54, 1.807) is 0 Å². The van der Waals surface area contributed by atoms with E-state index in [4.69, 9.17) is 0 Å². The Bertz CT molecular complexity index is 297. The molecule has 0 saturated carbocycles. The number of aryl methyl sites for hydroxylation is 1. The number of benzene rings is 1. The maximum absolute atomic E-state index is 2.43. The Morgan fingerprint density at radius 1 is 1.12 bits per heavy atom. The van der Waals surface area contributed by atoms with E-state index in [1.165, 1.54) is 44.1 Å². The predicted octanol–water partition coefficient (Wildman–Crippen LogP) is 5.39. The van der Waals surface area contributed by atoms with Crippen LogP contribution in [0.2, 0.25) is 0 Å². The second-order valence-electron chi connectivity index (χ2n) is 4.76. The fourth-order valence-corrected chi connectivity index (χ4v) is 2.16. The van der Waals surface area contributed by atoms with Crippen LogP contribution >= 0.6 is 0 Å². The first-order valence-corrected chi connectivity index (χ1v) is 7.07. The van der Waals surface area contributed by atoms with Gasteiger partial charge in [0.25, 0.3) is 0 Å². The van der Waals surface area contributed by atoms with Gasteiger partial charge in [-0.15, -0.1) is 0 Å². The maximum Gasteiger partial charge on any atom is -0.0236 e. The largest absolute Gasteiger partial charge is 0.0882 e. The molecule has 94 valence electrons. The molecule has 0 aliphatic heterocycles. The molecule has 0 nitrogen and oxygen atoms in total. The van der Waals surface area contributed by atoms with Gasteiger partial charge in [0.1, 0.15) is 0 Å². The molecule has 0 heterocycles. The molecular weight excluding hydrogens is 204 g/mol. The van der Waals surface area contributed by atoms with Crippen LogP contribution < -0.4 is 0 Å². The van der Waals surface area contributed by atoms with Gasteiger partial charge in [-0.2, -0.15) is 0 Å². The van der Waals surface area contributed by atoms with Gasteiger partial charge < -0.3 is 0 Å². The lowest BCUT2D eigenvalue weighted by atomic mass is 9.99. The summed E-state index contributed by atoms with van der Waals surface area (Å²) in [5.74, 6) is 0.803. The van der Waals surface area contributed by atoms with E-state index in [-0.39, 0.29) is 0 Å². The zero-order chi connectivity index (χ0) is 12.3. The number of allylic oxidation sites excluding steroid dienone is 2. The fourth-order valence-electron chi connectivity index (χ4n) is 2.16. The van der Waals surface area contributed by atoms with E-state index < -0.39 is 0 Å². The lowest BCUT2D eigenvalue weighted by Crippen LogP contribution is -1.92. The molecule has 0 spiro atoms. The van der Waals surface area contributed by atoms with Crippen molar-refractivity contribution in [2.75, 3.05) is 0 Å². The van der Waals surface area contributed by atoms with Gasteiger partial charge in [0, 0.05) is 0 Å². The molecule has 0 aromatic heterocycles. The van der Waals surface area contributed by atoms with Crippen molar-refractivity contribution in [2.45, 2.75) is 52.4 Å². The summed E-state index contributed by atoms with van der Waals surface area (Å²) in [5, 5.41) is 0. The number of hydrogen-bond acceptors (Lipinski definition) is 0. The molecule has 0 saturated heterocycles. The van der Waals surface area contributed by atoms with Gasteiger partial charge in [-0.1, -0.05) is 62.8 Å². The van der Waals surface area contributed by atoms with Crippen molar-refractivity contribution in [3.63, 3.8) is 0 Å². The Labute approximate surface area is 107 Å². The Balaban J connectivity index is 2.17. The third-order valence-corrected chi connectivity index (χ3v) is 3.27. The molecule has 0 N–H and O–H groups in total. The van der Waals surface area contributed by atoms with E-state index >= 15 is 0 Å². The molecule has 1 aromatic carbocycles. The monoisotopic (exact) mass is 230 g/mol. The van der Waals surface area contributed by atoms with Crippen LogP contribution in [0.1, 0.15) is 51.5 Å². The van der Waals surface area contributed by atoms with Crippen molar-refractivity contribution in [1.82, 2.24) is 0 Å². The minimum atomic E-state index is 0.803. The second-order valence-corrected chi connectivity index (χ2v) is 4.76. The van der Waals surface area contributed by atoms with Gasteiger partial charge in [-0.3, -0.25) is 0 Å². The summed E-state index contributed by atoms with van der Waals surface area (Å²) in [6.07, 6.45) is 12.4. The van der Waals surface area contributed by atoms with Crippen LogP contribution in [-0.4, -0.2) is 0 Å². The highest BCUT2D eigenvalue weighted by Gasteiger charge is 1.98. The Morgan fingerprint density at radius 2 is 1.88 bits per heavy atom. The highest BCUT2D eigenvalue weighted by atomic mass is 14.0. The van der Waals surface area contributed by atoms with E-state index in [0.29, 0.717) is 0 Å². The summed E-state index contributed by atoms with van der Waals surface area (Å²) < 4.78 is 0. The van der Waals surface area contributed by atoms with Crippen LogP contribution in [0.25, 0.3) is 0 Å². The standard InChI is InChI=1S/C17H26/c1-3-11-16(4-2)12-7-5-8-13-17-14-9-6-10-15-17/h6-7,9-10,12,14-16H,3-5,8,11,13H2,1-2H3/b12-7+/t16-/m0/s1. The molecule has 1 aromatic rings. The zero-order valence-electron chi connectivity index (χ0n) is 11.4. The SMILES string of the molecule is CCC[C@@H](/C=C/CCCc1ccccc1)CC. The fraction of sp³-hybridized carbons (Fsp3) is 0.529. The number of rotatable bonds is 8.